The molecule has 0 bridgehead atoms. The highest BCUT2D eigenvalue weighted by atomic mass is 16.6. The van der Waals surface area contributed by atoms with E-state index in [2.05, 4.69) is 196 Å². The second-order valence-corrected chi connectivity index (χ2v) is 15.9. The molecule has 0 fully saturated rings. The summed E-state index contributed by atoms with van der Waals surface area (Å²) in [5.41, 5.74) is 15.8. The average Bonchev–Trinajstić information content (AvgIpc) is 3.96. The van der Waals surface area contributed by atoms with Crippen molar-refractivity contribution >= 4 is 78.0 Å². The number of rotatable bonds is 3. The molecule has 0 amide bonds. The van der Waals surface area contributed by atoms with Gasteiger partial charge in [0.1, 0.15) is 11.5 Å². The standard InChI is InChI=1S/C54H32BN3O2/c1-3-17-33(18-4-1)56-43-26-12-7-23-38(43)48-49-39-24-8-13-27-44(39)57(34-19-5-2-6-20-34)53(49)54-50(52(48)56)40-25-9-14-28-45(40)58(54)35-31-41-36-21-10-15-29-46(36)59-55-51(41)42(32-35)37-22-11-16-30-47(37)60-55/h1-32H. The first kappa shape index (κ1) is 32.1. The SMILES string of the molecule is c1ccc(-n2c3ccccc3c3c4c5ccccc5n(-c5ccccc5)c4c4c(c5ccccc5n4-c4cc5c6c(c4)-c4ccccc4OB6Oc4ccccc4-5)c32)cc1. The van der Waals surface area contributed by atoms with Crippen molar-refractivity contribution in [2.24, 2.45) is 0 Å². The van der Waals surface area contributed by atoms with Gasteiger partial charge >= 0.3 is 7.12 Å². The third-order valence-corrected chi connectivity index (χ3v) is 12.8. The summed E-state index contributed by atoms with van der Waals surface area (Å²) >= 11 is 0. The van der Waals surface area contributed by atoms with Crippen molar-refractivity contribution in [2.75, 3.05) is 0 Å². The van der Waals surface area contributed by atoms with E-state index in [9.17, 15) is 0 Å². The molecule has 0 aliphatic carbocycles. The molecule has 0 saturated heterocycles. The number of hydrogen-bond acceptors (Lipinski definition) is 2. The first-order valence-electron chi connectivity index (χ1n) is 20.5. The van der Waals surface area contributed by atoms with Gasteiger partial charge in [0.05, 0.1) is 33.1 Å². The normalized spacial score (nSPS) is 12.9. The molecule has 0 unspecified atom stereocenters. The van der Waals surface area contributed by atoms with Crippen molar-refractivity contribution < 1.29 is 9.31 Å². The molecule has 6 heteroatoms. The average molecular weight is 766 g/mol. The highest BCUT2D eigenvalue weighted by Gasteiger charge is 2.42. The number of para-hydroxylation sites is 7. The maximum absolute atomic E-state index is 6.62. The van der Waals surface area contributed by atoms with E-state index in [4.69, 9.17) is 9.31 Å². The number of benzene rings is 9. The Morgan fingerprint density at radius 1 is 0.317 bits per heavy atom. The zero-order valence-electron chi connectivity index (χ0n) is 32.2. The Morgan fingerprint density at radius 3 is 1.23 bits per heavy atom. The smallest absolute Gasteiger partial charge is 0.521 e. The van der Waals surface area contributed by atoms with Crippen LogP contribution in [0.5, 0.6) is 11.5 Å². The van der Waals surface area contributed by atoms with Crippen LogP contribution in [-0.4, -0.2) is 20.8 Å². The van der Waals surface area contributed by atoms with Gasteiger partial charge in [-0.15, -0.1) is 0 Å². The lowest BCUT2D eigenvalue weighted by atomic mass is 9.66. The molecule has 5 heterocycles. The molecule has 12 aromatic rings. The Bertz CT molecular complexity index is 3720. The summed E-state index contributed by atoms with van der Waals surface area (Å²) in [5.74, 6) is 1.64. The molecule has 2 aliphatic rings. The molecule has 0 atom stereocenters. The zero-order valence-corrected chi connectivity index (χ0v) is 32.2. The Balaban J connectivity index is 1.27. The molecule has 9 aromatic carbocycles. The fourth-order valence-corrected chi connectivity index (χ4v) is 10.5. The van der Waals surface area contributed by atoms with Crippen LogP contribution in [0.1, 0.15) is 0 Å². The van der Waals surface area contributed by atoms with Gasteiger partial charge in [0, 0.05) is 66.0 Å². The molecule has 0 spiro atoms. The molecule has 0 N–H and O–H groups in total. The topological polar surface area (TPSA) is 33.2 Å². The molecule has 5 nitrogen and oxygen atoms in total. The molecular formula is C54H32BN3O2. The van der Waals surface area contributed by atoms with Gasteiger partial charge in [0.2, 0.25) is 0 Å². The van der Waals surface area contributed by atoms with Crippen LogP contribution in [0.15, 0.2) is 194 Å². The minimum absolute atomic E-state index is 0.555. The van der Waals surface area contributed by atoms with Gasteiger partial charge in [-0.2, -0.15) is 0 Å². The second kappa shape index (κ2) is 11.8. The summed E-state index contributed by atoms with van der Waals surface area (Å²) in [7, 11) is -0.555. The van der Waals surface area contributed by atoms with Crippen LogP contribution in [0.4, 0.5) is 0 Å². The minimum atomic E-state index is -0.555. The van der Waals surface area contributed by atoms with Crippen LogP contribution in [0, 0.1) is 0 Å². The van der Waals surface area contributed by atoms with Gasteiger partial charge in [-0.25, -0.2) is 0 Å². The van der Waals surface area contributed by atoms with Crippen LogP contribution in [-0.2, 0) is 0 Å². The maximum atomic E-state index is 6.62. The van der Waals surface area contributed by atoms with Gasteiger partial charge in [0.15, 0.2) is 0 Å². The van der Waals surface area contributed by atoms with Crippen LogP contribution in [0.2, 0.25) is 0 Å². The van der Waals surface area contributed by atoms with Gasteiger partial charge in [-0.1, -0.05) is 127 Å². The quantitative estimate of drug-likeness (QED) is 0.168. The highest BCUT2D eigenvalue weighted by molar-refractivity contribution is 6.68. The molecule has 0 radical (unpaired) electrons. The Morgan fingerprint density at radius 2 is 0.700 bits per heavy atom. The predicted octanol–water partition coefficient (Wildman–Crippen LogP) is 12.8. The van der Waals surface area contributed by atoms with E-state index in [0.29, 0.717) is 0 Å². The lowest BCUT2D eigenvalue weighted by Crippen LogP contribution is -2.49. The summed E-state index contributed by atoms with van der Waals surface area (Å²) in [6, 6.07) is 70.0. The van der Waals surface area contributed by atoms with Crippen molar-refractivity contribution in [1.82, 2.24) is 13.7 Å². The number of nitrogens with zero attached hydrogens (tertiary/aromatic N) is 3. The van der Waals surface area contributed by atoms with Crippen molar-refractivity contribution in [1.29, 1.82) is 0 Å². The fraction of sp³-hybridized carbons (Fsp3) is 0. The van der Waals surface area contributed by atoms with Crippen molar-refractivity contribution in [3.63, 3.8) is 0 Å². The molecule has 14 rings (SSSR count). The van der Waals surface area contributed by atoms with Crippen LogP contribution < -0.4 is 14.8 Å². The van der Waals surface area contributed by atoms with Gasteiger partial charge in [0.25, 0.3) is 0 Å². The summed E-state index contributed by atoms with van der Waals surface area (Å²) in [6.45, 7) is 0. The van der Waals surface area contributed by atoms with E-state index in [1.165, 1.54) is 54.4 Å². The lowest BCUT2D eigenvalue weighted by Gasteiger charge is -2.32. The van der Waals surface area contributed by atoms with Crippen LogP contribution in [0.25, 0.3) is 105 Å². The number of fused-ring (bicyclic) bond motifs is 16. The first-order chi connectivity index (χ1) is 29.8. The van der Waals surface area contributed by atoms with Crippen LogP contribution >= 0.6 is 0 Å². The molecule has 0 saturated carbocycles. The van der Waals surface area contributed by atoms with Gasteiger partial charge in [-0.05, 0) is 77.9 Å². The third kappa shape index (κ3) is 4.11. The number of hydrogen-bond donors (Lipinski definition) is 0. The van der Waals surface area contributed by atoms with Crippen molar-refractivity contribution in [3.05, 3.63) is 194 Å². The van der Waals surface area contributed by atoms with Gasteiger partial charge < -0.3 is 23.0 Å². The first-order valence-corrected chi connectivity index (χ1v) is 20.5. The van der Waals surface area contributed by atoms with E-state index >= 15 is 0 Å². The maximum Gasteiger partial charge on any atom is 0.633 e. The van der Waals surface area contributed by atoms with E-state index in [1.54, 1.807) is 0 Å². The van der Waals surface area contributed by atoms with Gasteiger partial charge in [-0.3, -0.25) is 0 Å². The molecule has 60 heavy (non-hydrogen) atoms. The zero-order chi connectivity index (χ0) is 39.1. The second-order valence-electron chi connectivity index (χ2n) is 15.9. The molecule has 2 aliphatic heterocycles. The Kier molecular flexibility index (Phi) is 6.31. The number of aromatic nitrogens is 3. The van der Waals surface area contributed by atoms with Crippen LogP contribution in [0.3, 0.4) is 0 Å². The van der Waals surface area contributed by atoms with Crippen molar-refractivity contribution in [3.8, 4) is 50.8 Å². The monoisotopic (exact) mass is 765 g/mol. The summed E-state index contributed by atoms with van der Waals surface area (Å²) in [6.07, 6.45) is 0. The summed E-state index contributed by atoms with van der Waals surface area (Å²) < 4.78 is 20.8. The molecular weight excluding hydrogens is 733 g/mol. The van der Waals surface area contributed by atoms with E-state index in [0.717, 1.165) is 67.3 Å². The van der Waals surface area contributed by atoms with Crippen molar-refractivity contribution in [2.45, 2.75) is 0 Å². The largest absolute Gasteiger partial charge is 0.633 e. The summed E-state index contributed by atoms with van der Waals surface area (Å²) in [5, 5.41) is 7.35. The fourth-order valence-electron chi connectivity index (χ4n) is 10.5. The van der Waals surface area contributed by atoms with E-state index in [-0.39, 0.29) is 0 Å². The Labute approximate surface area is 344 Å². The third-order valence-electron chi connectivity index (χ3n) is 12.8. The Hall–Kier alpha value is -7.96. The minimum Gasteiger partial charge on any atom is -0.521 e. The highest BCUT2D eigenvalue weighted by Crippen LogP contribution is 2.51. The lowest BCUT2D eigenvalue weighted by molar-refractivity contribution is 0.436. The molecule has 3 aromatic heterocycles. The summed E-state index contributed by atoms with van der Waals surface area (Å²) in [4.78, 5) is 0. The van der Waals surface area contributed by atoms with E-state index in [1.807, 2.05) is 12.1 Å². The predicted molar refractivity (Wildman–Crippen MR) is 247 cm³/mol. The van der Waals surface area contributed by atoms with E-state index < -0.39 is 7.12 Å². The molecule has 278 valence electrons.